The molecule has 0 aliphatic carbocycles. The Bertz CT molecular complexity index is 608. The van der Waals surface area contributed by atoms with E-state index in [1.54, 1.807) is 6.07 Å². The van der Waals surface area contributed by atoms with E-state index in [0.717, 1.165) is 23.7 Å². The maximum atomic E-state index is 7.68. The van der Waals surface area contributed by atoms with E-state index >= 15 is 0 Å². The molecule has 0 saturated heterocycles. The number of benzene rings is 1. The monoisotopic (exact) mass is 271 g/mol. The van der Waals surface area contributed by atoms with Gasteiger partial charge in [-0.3, -0.25) is 5.41 Å². The number of rotatable bonds is 6. The number of para-hydroxylation sites is 1. The molecule has 0 saturated carbocycles. The summed E-state index contributed by atoms with van der Waals surface area (Å²) in [5, 5.41) is 8.56. The third kappa shape index (κ3) is 3.47. The van der Waals surface area contributed by atoms with E-state index in [1.807, 2.05) is 24.3 Å². The molecule has 1 aromatic heterocycles. The summed E-state index contributed by atoms with van der Waals surface area (Å²) in [6, 6.07) is 9.41. The van der Waals surface area contributed by atoms with Gasteiger partial charge in [-0.2, -0.15) is 0 Å². The Hall–Kier alpha value is -2.10. The van der Waals surface area contributed by atoms with Gasteiger partial charge in [-0.25, -0.2) is 4.98 Å². The standard InChI is InChI=1S/C16H21N3O/c1-11(2)6-5-9-20-15-10-13(16(17)18)12-7-3-4-8-14(12)19-15/h3-4,7-8,10-11H,5-6,9H2,1-2H3,(H3,17,18). The Morgan fingerprint density at radius 2 is 2.10 bits per heavy atom. The Morgan fingerprint density at radius 1 is 1.35 bits per heavy atom. The van der Waals surface area contributed by atoms with Crippen LogP contribution in [-0.4, -0.2) is 17.4 Å². The maximum Gasteiger partial charge on any atom is 0.214 e. The number of ether oxygens (including phenoxy) is 1. The van der Waals surface area contributed by atoms with Crippen LogP contribution in [0.3, 0.4) is 0 Å². The summed E-state index contributed by atoms with van der Waals surface area (Å²) < 4.78 is 5.69. The van der Waals surface area contributed by atoms with Gasteiger partial charge in [0.25, 0.3) is 0 Å². The van der Waals surface area contributed by atoms with Crippen LogP contribution in [-0.2, 0) is 0 Å². The van der Waals surface area contributed by atoms with Gasteiger partial charge < -0.3 is 10.5 Å². The van der Waals surface area contributed by atoms with Gasteiger partial charge in [0.15, 0.2) is 0 Å². The molecule has 1 aromatic carbocycles. The first-order chi connectivity index (χ1) is 9.58. The molecule has 0 atom stereocenters. The average Bonchev–Trinajstić information content (AvgIpc) is 2.42. The van der Waals surface area contributed by atoms with Crippen LogP contribution < -0.4 is 10.5 Å². The highest BCUT2D eigenvalue weighted by Gasteiger charge is 2.08. The van der Waals surface area contributed by atoms with Crippen LogP contribution in [0.4, 0.5) is 0 Å². The van der Waals surface area contributed by atoms with Gasteiger partial charge >= 0.3 is 0 Å². The van der Waals surface area contributed by atoms with Crippen molar-refractivity contribution in [2.24, 2.45) is 11.7 Å². The molecule has 0 unspecified atom stereocenters. The fourth-order valence-corrected chi connectivity index (χ4v) is 2.12. The van der Waals surface area contributed by atoms with Crippen LogP contribution >= 0.6 is 0 Å². The van der Waals surface area contributed by atoms with Crippen LogP contribution in [0.25, 0.3) is 10.9 Å². The van der Waals surface area contributed by atoms with Gasteiger partial charge in [0, 0.05) is 17.0 Å². The first-order valence-electron chi connectivity index (χ1n) is 6.95. The number of hydrogen-bond donors (Lipinski definition) is 2. The second kappa shape index (κ2) is 6.37. The van der Waals surface area contributed by atoms with Crippen molar-refractivity contribution in [2.45, 2.75) is 26.7 Å². The van der Waals surface area contributed by atoms with Crippen molar-refractivity contribution >= 4 is 16.7 Å². The maximum absolute atomic E-state index is 7.68. The van der Waals surface area contributed by atoms with E-state index in [4.69, 9.17) is 15.9 Å². The van der Waals surface area contributed by atoms with Gasteiger partial charge in [0.05, 0.1) is 12.1 Å². The Kier molecular flexibility index (Phi) is 4.56. The van der Waals surface area contributed by atoms with Crippen molar-refractivity contribution in [3.63, 3.8) is 0 Å². The molecule has 1 heterocycles. The zero-order valence-corrected chi connectivity index (χ0v) is 12.0. The summed E-state index contributed by atoms with van der Waals surface area (Å²) in [5.74, 6) is 1.25. The number of amidine groups is 1. The van der Waals surface area contributed by atoms with Crippen molar-refractivity contribution in [1.82, 2.24) is 4.98 Å². The van der Waals surface area contributed by atoms with Crippen molar-refractivity contribution in [3.05, 3.63) is 35.9 Å². The van der Waals surface area contributed by atoms with E-state index in [0.29, 0.717) is 24.0 Å². The Morgan fingerprint density at radius 3 is 2.80 bits per heavy atom. The summed E-state index contributed by atoms with van der Waals surface area (Å²) in [7, 11) is 0. The molecule has 0 aliphatic rings. The number of fused-ring (bicyclic) bond motifs is 1. The number of nitrogens with one attached hydrogen (secondary N) is 1. The second-order valence-electron chi connectivity index (χ2n) is 5.32. The molecule has 0 amide bonds. The Balaban J connectivity index is 2.20. The largest absolute Gasteiger partial charge is 0.478 e. The van der Waals surface area contributed by atoms with E-state index in [1.165, 1.54) is 0 Å². The number of nitrogens with two attached hydrogens (primary N) is 1. The second-order valence-corrected chi connectivity index (χ2v) is 5.32. The highest BCUT2D eigenvalue weighted by molar-refractivity contribution is 6.06. The summed E-state index contributed by atoms with van der Waals surface area (Å²) >= 11 is 0. The number of pyridine rings is 1. The van der Waals surface area contributed by atoms with Crippen LogP contribution in [0, 0.1) is 11.3 Å². The first kappa shape index (κ1) is 14.3. The number of nitrogen functional groups attached to an aromatic ring is 1. The van der Waals surface area contributed by atoms with Gasteiger partial charge in [-0.05, 0) is 24.8 Å². The van der Waals surface area contributed by atoms with E-state index < -0.39 is 0 Å². The highest BCUT2D eigenvalue weighted by Crippen LogP contribution is 2.21. The molecule has 0 radical (unpaired) electrons. The molecule has 0 aliphatic heterocycles. The zero-order valence-electron chi connectivity index (χ0n) is 12.0. The smallest absolute Gasteiger partial charge is 0.214 e. The van der Waals surface area contributed by atoms with Gasteiger partial charge in [0.2, 0.25) is 5.88 Å². The lowest BCUT2D eigenvalue weighted by Gasteiger charge is -2.10. The SMILES string of the molecule is CC(C)CCCOc1cc(C(=N)N)c2ccccc2n1. The van der Waals surface area contributed by atoms with Crippen LogP contribution in [0.1, 0.15) is 32.3 Å². The van der Waals surface area contributed by atoms with Gasteiger partial charge in [-0.15, -0.1) is 0 Å². The zero-order chi connectivity index (χ0) is 14.5. The predicted octanol–water partition coefficient (Wildman–Crippen LogP) is 3.33. The summed E-state index contributed by atoms with van der Waals surface area (Å²) in [5.41, 5.74) is 7.12. The normalized spacial score (nSPS) is 10.9. The number of hydrogen-bond acceptors (Lipinski definition) is 3. The summed E-state index contributed by atoms with van der Waals surface area (Å²) in [4.78, 5) is 4.46. The molecule has 0 bridgehead atoms. The highest BCUT2D eigenvalue weighted by atomic mass is 16.5. The van der Waals surface area contributed by atoms with Crippen molar-refractivity contribution in [2.75, 3.05) is 6.61 Å². The fraction of sp³-hybridized carbons (Fsp3) is 0.375. The molecule has 0 spiro atoms. The minimum Gasteiger partial charge on any atom is -0.478 e. The van der Waals surface area contributed by atoms with Crippen LogP contribution in [0.2, 0.25) is 0 Å². The first-order valence-corrected chi connectivity index (χ1v) is 6.95. The van der Waals surface area contributed by atoms with Crippen molar-refractivity contribution in [1.29, 1.82) is 5.41 Å². The van der Waals surface area contributed by atoms with Crippen molar-refractivity contribution in [3.8, 4) is 5.88 Å². The number of aromatic nitrogens is 1. The van der Waals surface area contributed by atoms with Crippen LogP contribution in [0.5, 0.6) is 5.88 Å². The lowest BCUT2D eigenvalue weighted by molar-refractivity contribution is 0.288. The molecular formula is C16H21N3O. The molecule has 20 heavy (non-hydrogen) atoms. The average molecular weight is 271 g/mol. The molecule has 2 aromatic rings. The lowest BCUT2D eigenvalue weighted by Crippen LogP contribution is -2.12. The summed E-state index contributed by atoms with van der Waals surface area (Å²) in [6.07, 6.45) is 2.13. The molecular weight excluding hydrogens is 250 g/mol. The molecule has 4 heteroatoms. The predicted molar refractivity (Wildman–Crippen MR) is 82.3 cm³/mol. The Labute approximate surface area is 119 Å². The van der Waals surface area contributed by atoms with E-state index in [-0.39, 0.29) is 5.84 Å². The molecule has 3 N–H and O–H groups in total. The molecule has 0 fully saturated rings. The molecule has 106 valence electrons. The molecule has 4 nitrogen and oxygen atoms in total. The minimum atomic E-state index is 0.0376. The van der Waals surface area contributed by atoms with Crippen molar-refractivity contribution < 1.29 is 4.74 Å². The third-order valence-electron chi connectivity index (χ3n) is 3.16. The molecule has 2 rings (SSSR count). The lowest BCUT2D eigenvalue weighted by atomic mass is 10.1. The number of nitrogens with zero attached hydrogens (tertiary/aromatic N) is 1. The van der Waals surface area contributed by atoms with E-state index in [9.17, 15) is 0 Å². The fourth-order valence-electron chi connectivity index (χ4n) is 2.12. The topological polar surface area (TPSA) is 72.0 Å². The summed E-state index contributed by atoms with van der Waals surface area (Å²) in [6.45, 7) is 5.03. The minimum absolute atomic E-state index is 0.0376. The van der Waals surface area contributed by atoms with Gasteiger partial charge in [-0.1, -0.05) is 32.0 Å². The quantitative estimate of drug-likeness (QED) is 0.481. The van der Waals surface area contributed by atoms with Crippen LogP contribution in [0.15, 0.2) is 30.3 Å². The van der Waals surface area contributed by atoms with Gasteiger partial charge in [0.1, 0.15) is 5.84 Å². The third-order valence-corrected chi connectivity index (χ3v) is 3.16. The van der Waals surface area contributed by atoms with E-state index in [2.05, 4.69) is 18.8 Å².